The Kier molecular flexibility index (Phi) is 7.54. The fraction of sp³-hybridized carbons (Fsp3) is 0.588. The highest BCUT2D eigenvalue weighted by Gasteiger charge is 2.15. The molecule has 0 heterocycles. The third kappa shape index (κ3) is 7.68. The van der Waals surface area contributed by atoms with Gasteiger partial charge in [0.25, 0.3) is 0 Å². The second-order valence-corrected chi connectivity index (χ2v) is 8.66. The lowest BCUT2D eigenvalue weighted by Crippen LogP contribution is -2.33. The van der Waals surface area contributed by atoms with Gasteiger partial charge < -0.3 is 15.4 Å². The summed E-state index contributed by atoms with van der Waals surface area (Å²) in [6.45, 7) is 8.47. The molecule has 7 heteroatoms. The van der Waals surface area contributed by atoms with Crippen molar-refractivity contribution in [2.45, 2.75) is 51.0 Å². The minimum Gasteiger partial charge on any atom is -0.444 e. The van der Waals surface area contributed by atoms with Gasteiger partial charge in [-0.15, -0.1) is 0 Å². The number of sulfone groups is 1. The first-order valence-corrected chi connectivity index (χ1v) is 9.83. The molecule has 0 saturated carbocycles. The van der Waals surface area contributed by atoms with E-state index in [4.69, 9.17) is 4.74 Å². The average Bonchev–Trinajstić information content (AvgIpc) is 2.45. The highest BCUT2D eigenvalue weighted by atomic mass is 32.2. The average molecular weight is 356 g/mol. The molecule has 0 radical (unpaired) electrons. The summed E-state index contributed by atoms with van der Waals surface area (Å²) in [4.78, 5) is 11.8. The second-order valence-electron chi connectivity index (χ2n) is 6.55. The summed E-state index contributed by atoms with van der Waals surface area (Å²) in [5, 5.41) is 5.88. The lowest BCUT2D eigenvalue weighted by molar-refractivity contribution is 0.0528. The Bertz CT molecular complexity index is 619. The van der Waals surface area contributed by atoms with E-state index in [0.717, 1.165) is 12.1 Å². The van der Waals surface area contributed by atoms with Gasteiger partial charge in [-0.25, -0.2) is 13.2 Å². The molecule has 0 saturated heterocycles. The molecule has 0 spiro atoms. The van der Waals surface area contributed by atoms with Gasteiger partial charge in [-0.05, 0) is 57.9 Å². The second kappa shape index (κ2) is 8.92. The Morgan fingerprint density at radius 1 is 1.12 bits per heavy atom. The van der Waals surface area contributed by atoms with Crippen molar-refractivity contribution in [1.29, 1.82) is 0 Å². The summed E-state index contributed by atoms with van der Waals surface area (Å²) < 4.78 is 29.0. The van der Waals surface area contributed by atoms with Gasteiger partial charge in [-0.2, -0.15) is 0 Å². The van der Waals surface area contributed by atoms with Gasteiger partial charge in [0.1, 0.15) is 5.60 Å². The molecule has 136 valence electrons. The van der Waals surface area contributed by atoms with Crippen LogP contribution in [0.25, 0.3) is 0 Å². The van der Waals surface area contributed by atoms with Gasteiger partial charge in [0.05, 0.1) is 10.6 Å². The van der Waals surface area contributed by atoms with E-state index in [-0.39, 0.29) is 5.75 Å². The van der Waals surface area contributed by atoms with E-state index < -0.39 is 21.5 Å². The summed E-state index contributed by atoms with van der Waals surface area (Å²) >= 11 is 0. The first-order chi connectivity index (χ1) is 11.1. The predicted molar refractivity (Wildman–Crippen MR) is 96.1 cm³/mol. The van der Waals surface area contributed by atoms with Gasteiger partial charge in [0.2, 0.25) is 0 Å². The maximum absolute atomic E-state index is 11.9. The summed E-state index contributed by atoms with van der Waals surface area (Å²) in [7, 11) is -3.17. The van der Waals surface area contributed by atoms with Gasteiger partial charge in [0, 0.05) is 18.8 Å². The third-order valence-corrected chi connectivity index (χ3v) is 4.97. The van der Waals surface area contributed by atoms with Crippen molar-refractivity contribution in [3.05, 3.63) is 24.3 Å². The molecule has 24 heavy (non-hydrogen) atoms. The minimum atomic E-state index is -3.17. The highest BCUT2D eigenvalue weighted by molar-refractivity contribution is 7.91. The Morgan fingerprint density at radius 3 is 2.29 bits per heavy atom. The lowest BCUT2D eigenvalue weighted by atomic mass is 10.2. The minimum absolute atomic E-state index is 0.163. The Balaban J connectivity index is 2.33. The molecule has 0 atom stereocenters. The lowest BCUT2D eigenvalue weighted by Gasteiger charge is -2.19. The zero-order chi connectivity index (χ0) is 18.2. The van der Waals surface area contributed by atoms with Crippen LogP contribution in [0.2, 0.25) is 0 Å². The molecule has 0 bridgehead atoms. The number of amides is 1. The molecule has 0 unspecified atom stereocenters. The topological polar surface area (TPSA) is 84.5 Å². The molecule has 1 amide bonds. The summed E-state index contributed by atoms with van der Waals surface area (Å²) in [5.41, 5.74) is 0.352. The summed E-state index contributed by atoms with van der Waals surface area (Å²) in [6, 6.07) is 6.74. The van der Waals surface area contributed by atoms with Crippen molar-refractivity contribution < 1.29 is 17.9 Å². The number of ether oxygens (including phenoxy) is 1. The smallest absolute Gasteiger partial charge is 0.407 e. The predicted octanol–water partition coefficient (Wildman–Crippen LogP) is 3.20. The van der Waals surface area contributed by atoms with Crippen LogP contribution in [-0.4, -0.2) is 39.0 Å². The monoisotopic (exact) mass is 356 g/mol. The fourth-order valence-corrected chi connectivity index (χ4v) is 3.32. The molecular formula is C17H28N2O4S. The molecule has 0 aliphatic heterocycles. The number of rotatable bonds is 8. The molecule has 1 rings (SSSR count). The number of hydrogen-bond acceptors (Lipinski definition) is 5. The van der Waals surface area contributed by atoms with E-state index in [9.17, 15) is 13.2 Å². The largest absolute Gasteiger partial charge is 0.444 e. The number of benzene rings is 1. The molecule has 1 aromatic carbocycles. The van der Waals surface area contributed by atoms with Crippen LogP contribution in [-0.2, 0) is 14.6 Å². The molecule has 6 nitrogen and oxygen atoms in total. The highest BCUT2D eigenvalue weighted by Crippen LogP contribution is 2.16. The van der Waals surface area contributed by atoms with E-state index in [1.54, 1.807) is 24.3 Å². The van der Waals surface area contributed by atoms with Gasteiger partial charge in [-0.3, -0.25) is 0 Å². The maximum atomic E-state index is 11.9. The molecule has 0 aromatic heterocycles. The Hall–Kier alpha value is -1.76. The van der Waals surface area contributed by atoms with E-state index in [2.05, 4.69) is 10.6 Å². The molecule has 1 aromatic rings. The molecule has 0 aliphatic carbocycles. The summed E-state index contributed by atoms with van der Waals surface area (Å²) in [5.74, 6) is 0.163. The number of anilines is 1. The van der Waals surface area contributed by atoms with E-state index >= 15 is 0 Å². The Labute approximate surface area is 144 Å². The van der Waals surface area contributed by atoms with Crippen LogP contribution >= 0.6 is 0 Å². The number of carbonyl (C=O) groups excluding carboxylic acids is 1. The van der Waals surface area contributed by atoms with Crippen molar-refractivity contribution in [2.24, 2.45) is 0 Å². The van der Waals surface area contributed by atoms with Crippen molar-refractivity contribution in [1.82, 2.24) is 5.32 Å². The van der Waals surface area contributed by atoms with Crippen LogP contribution in [0.15, 0.2) is 29.2 Å². The number of hydrogen-bond donors (Lipinski definition) is 2. The van der Waals surface area contributed by atoms with Crippen LogP contribution in [0.3, 0.4) is 0 Å². The van der Waals surface area contributed by atoms with Crippen LogP contribution in [0.4, 0.5) is 10.5 Å². The van der Waals surface area contributed by atoms with Crippen molar-refractivity contribution in [2.75, 3.05) is 24.2 Å². The Morgan fingerprint density at radius 2 is 1.75 bits per heavy atom. The van der Waals surface area contributed by atoms with Crippen LogP contribution in [0.1, 0.15) is 40.5 Å². The van der Waals surface area contributed by atoms with Gasteiger partial charge in [0.15, 0.2) is 9.84 Å². The molecule has 0 aliphatic rings. The number of alkyl carbamates (subject to hydrolysis) is 1. The zero-order valence-electron chi connectivity index (χ0n) is 14.9. The quantitative estimate of drug-likeness (QED) is 0.699. The van der Waals surface area contributed by atoms with Gasteiger partial charge in [-0.1, -0.05) is 6.92 Å². The number of nitrogens with one attached hydrogen (secondary N) is 2. The molecule has 2 N–H and O–H groups in total. The first-order valence-electron chi connectivity index (χ1n) is 8.17. The van der Waals surface area contributed by atoms with E-state index in [1.807, 2.05) is 27.7 Å². The normalized spacial score (nSPS) is 11.8. The van der Waals surface area contributed by atoms with Crippen molar-refractivity contribution in [3.8, 4) is 0 Å². The van der Waals surface area contributed by atoms with Crippen LogP contribution in [0.5, 0.6) is 0 Å². The first kappa shape index (κ1) is 20.3. The van der Waals surface area contributed by atoms with Crippen LogP contribution < -0.4 is 10.6 Å². The fourth-order valence-electron chi connectivity index (χ4n) is 1.99. The zero-order valence-corrected chi connectivity index (χ0v) is 15.7. The number of carbonyl (C=O) groups is 1. The third-order valence-electron chi connectivity index (χ3n) is 3.04. The SMILES string of the molecule is CCCS(=O)(=O)c1ccc(NCCCNC(=O)OC(C)(C)C)cc1. The standard InChI is InChI=1S/C17H28N2O4S/c1-5-13-24(21,22)15-9-7-14(8-10-15)18-11-6-12-19-16(20)23-17(2,3)4/h7-10,18H,5-6,11-13H2,1-4H3,(H,19,20). The van der Waals surface area contributed by atoms with Crippen molar-refractivity contribution in [3.63, 3.8) is 0 Å². The van der Waals surface area contributed by atoms with E-state index in [1.165, 1.54) is 0 Å². The van der Waals surface area contributed by atoms with E-state index in [0.29, 0.717) is 24.4 Å². The maximum Gasteiger partial charge on any atom is 0.407 e. The van der Waals surface area contributed by atoms with Crippen molar-refractivity contribution >= 4 is 21.6 Å². The molecular weight excluding hydrogens is 328 g/mol. The van der Waals surface area contributed by atoms with Crippen LogP contribution in [0, 0.1) is 0 Å². The van der Waals surface area contributed by atoms with Gasteiger partial charge >= 0.3 is 6.09 Å². The summed E-state index contributed by atoms with van der Waals surface area (Å²) in [6.07, 6.45) is 0.912. The molecule has 0 fully saturated rings.